The molecule has 1 aromatic heterocycles. The maximum atomic E-state index is 9.57. The number of rotatable bonds is 7. The number of aliphatic hydroxyl groups is 1. The van der Waals surface area contributed by atoms with Crippen molar-refractivity contribution in [2.45, 2.75) is 13.0 Å². The molecule has 4 nitrogen and oxygen atoms in total. The summed E-state index contributed by atoms with van der Waals surface area (Å²) in [5.74, 6) is 0.592. The van der Waals surface area contributed by atoms with Crippen molar-refractivity contribution < 1.29 is 14.3 Å². The second-order valence-corrected chi connectivity index (χ2v) is 2.93. The fourth-order valence-electron chi connectivity index (χ4n) is 1.11. The molecule has 0 aliphatic rings. The molecule has 0 aliphatic heterocycles. The Hall–Kier alpha value is -0.840. The molecule has 0 fully saturated rings. The van der Waals surface area contributed by atoms with Crippen LogP contribution in [0.3, 0.4) is 0 Å². The molecule has 0 spiro atoms. The van der Waals surface area contributed by atoms with Crippen LogP contribution < -0.4 is 5.32 Å². The summed E-state index contributed by atoms with van der Waals surface area (Å²) in [5.41, 5.74) is 0. The molecule has 0 saturated heterocycles. The summed E-state index contributed by atoms with van der Waals surface area (Å²) in [4.78, 5) is 0. The number of furan rings is 1. The van der Waals surface area contributed by atoms with Crippen LogP contribution in [0.15, 0.2) is 22.8 Å². The van der Waals surface area contributed by atoms with Crippen LogP contribution in [0, 0.1) is 0 Å². The summed E-state index contributed by atoms with van der Waals surface area (Å²) in [6.45, 7) is 4.58. The SMILES string of the molecule is CCOCCNCC(O)c1ccco1. The largest absolute Gasteiger partial charge is 0.467 e. The average molecular weight is 199 g/mol. The molecule has 1 heterocycles. The van der Waals surface area contributed by atoms with Gasteiger partial charge in [-0.1, -0.05) is 0 Å². The van der Waals surface area contributed by atoms with Crippen LogP contribution >= 0.6 is 0 Å². The lowest BCUT2D eigenvalue weighted by molar-refractivity contribution is 0.128. The molecular formula is C10H17NO3. The van der Waals surface area contributed by atoms with Crippen molar-refractivity contribution in [3.8, 4) is 0 Å². The van der Waals surface area contributed by atoms with E-state index >= 15 is 0 Å². The van der Waals surface area contributed by atoms with E-state index in [0.717, 1.165) is 13.2 Å². The standard InChI is InChI=1S/C10H17NO3/c1-2-13-7-5-11-8-9(12)10-4-3-6-14-10/h3-4,6,9,11-12H,2,5,7-8H2,1H3. The van der Waals surface area contributed by atoms with Crippen molar-refractivity contribution in [3.63, 3.8) is 0 Å². The van der Waals surface area contributed by atoms with E-state index in [4.69, 9.17) is 9.15 Å². The molecule has 0 aliphatic carbocycles. The zero-order valence-corrected chi connectivity index (χ0v) is 8.40. The molecule has 1 atom stereocenters. The number of nitrogens with one attached hydrogen (secondary N) is 1. The third-order valence-electron chi connectivity index (χ3n) is 1.84. The van der Waals surface area contributed by atoms with Gasteiger partial charge >= 0.3 is 0 Å². The third kappa shape index (κ3) is 3.91. The minimum atomic E-state index is -0.577. The van der Waals surface area contributed by atoms with Gasteiger partial charge < -0.3 is 19.6 Å². The highest BCUT2D eigenvalue weighted by Crippen LogP contribution is 2.11. The van der Waals surface area contributed by atoms with Gasteiger partial charge in [-0.25, -0.2) is 0 Å². The molecule has 1 rings (SSSR count). The van der Waals surface area contributed by atoms with E-state index < -0.39 is 6.10 Å². The molecular weight excluding hydrogens is 182 g/mol. The predicted molar refractivity (Wildman–Crippen MR) is 53.0 cm³/mol. The van der Waals surface area contributed by atoms with Crippen molar-refractivity contribution in [2.24, 2.45) is 0 Å². The Morgan fingerprint density at radius 2 is 2.50 bits per heavy atom. The van der Waals surface area contributed by atoms with Crippen LogP contribution in [-0.2, 0) is 4.74 Å². The minimum absolute atomic E-state index is 0.487. The van der Waals surface area contributed by atoms with Crippen molar-refractivity contribution in [3.05, 3.63) is 24.2 Å². The van der Waals surface area contributed by atoms with E-state index in [1.165, 1.54) is 0 Å². The van der Waals surface area contributed by atoms with Gasteiger partial charge in [0.05, 0.1) is 12.9 Å². The number of hydrogen-bond donors (Lipinski definition) is 2. The molecule has 0 aromatic carbocycles. The molecule has 80 valence electrons. The summed E-state index contributed by atoms with van der Waals surface area (Å²) < 4.78 is 10.2. The Morgan fingerprint density at radius 3 is 3.14 bits per heavy atom. The first kappa shape index (κ1) is 11.2. The Morgan fingerprint density at radius 1 is 1.64 bits per heavy atom. The van der Waals surface area contributed by atoms with Crippen LogP contribution in [0.25, 0.3) is 0 Å². The Labute approximate surface area is 83.9 Å². The smallest absolute Gasteiger partial charge is 0.133 e. The first-order valence-corrected chi connectivity index (χ1v) is 4.84. The Balaban J connectivity index is 2.07. The highest BCUT2D eigenvalue weighted by atomic mass is 16.5. The number of aliphatic hydroxyl groups excluding tert-OH is 1. The molecule has 2 N–H and O–H groups in total. The van der Waals surface area contributed by atoms with Crippen LogP contribution in [0.1, 0.15) is 18.8 Å². The van der Waals surface area contributed by atoms with Gasteiger partial charge in [-0.05, 0) is 19.1 Å². The topological polar surface area (TPSA) is 54.6 Å². The average Bonchev–Trinajstić information content (AvgIpc) is 2.70. The second kappa shape index (κ2) is 6.59. The van der Waals surface area contributed by atoms with E-state index in [1.807, 2.05) is 6.92 Å². The van der Waals surface area contributed by atoms with Gasteiger partial charge in [-0.2, -0.15) is 0 Å². The summed E-state index contributed by atoms with van der Waals surface area (Å²) >= 11 is 0. The van der Waals surface area contributed by atoms with Gasteiger partial charge in [0, 0.05) is 19.7 Å². The van der Waals surface area contributed by atoms with E-state index in [-0.39, 0.29) is 0 Å². The fourth-order valence-corrected chi connectivity index (χ4v) is 1.11. The van der Waals surface area contributed by atoms with Crippen LogP contribution in [0.2, 0.25) is 0 Å². The van der Waals surface area contributed by atoms with Crippen LogP contribution in [-0.4, -0.2) is 31.4 Å². The van der Waals surface area contributed by atoms with Crippen molar-refractivity contribution >= 4 is 0 Å². The summed E-state index contributed by atoms with van der Waals surface area (Å²) in [5, 5.41) is 12.6. The zero-order valence-electron chi connectivity index (χ0n) is 8.40. The maximum Gasteiger partial charge on any atom is 0.133 e. The quantitative estimate of drug-likeness (QED) is 0.642. The van der Waals surface area contributed by atoms with Gasteiger partial charge in [0.25, 0.3) is 0 Å². The molecule has 14 heavy (non-hydrogen) atoms. The molecule has 0 amide bonds. The molecule has 0 bridgehead atoms. The van der Waals surface area contributed by atoms with Gasteiger partial charge in [0.1, 0.15) is 11.9 Å². The highest BCUT2D eigenvalue weighted by Gasteiger charge is 2.08. The van der Waals surface area contributed by atoms with E-state index in [9.17, 15) is 5.11 Å². The Bertz CT molecular complexity index is 223. The van der Waals surface area contributed by atoms with Crippen molar-refractivity contribution in [2.75, 3.05) is 26.3 Å². The molecule has 0 radical (unpaired) electrons. The van der Waals surface area contributed by atoms with E-state index in [2.05, 4.69) is 5.32 Å². The summed E-state index contributed by atoms with van der Waals surface area (Å²) in [6, 6.07) is 3.52. The summed E-state index contributed by atoms with van der Waals surface area (Å²) in [7, 11) is 0. The lowest BCUT2D eigenvalue weighted by atomic mass is 10.3. The molecule has 0 saturated carbocycles. The number of ether oxygens (including phenoxy) is 1. The van der Waals surface area contributed by atoms with Crippen LogP contribution in [0.5, 0.6) is 0 Å². The lowest BCUT2D eigenvalue weighted by Gasteiger charge is -2.08. The normalized spacial score (nSPS) is 13.0. The molecule has 4 heteroatoms. The van der Waals surface area contributed by atoms with Gasteiger partial charge in [0.15, 0.2) is 0 Å². The lowest BCUT2D eigenvalue weighted by Crippen LogP contribution is -2.25. The highest BCUT2D eigenvalue weighted by molar-refractivity contribution is 5.01. The first-order chi connectivity index (χ1) is 6.84. The monoisotopic (exact) mass is 199 g/mol. The van der Waals surface area contributed by atoms with Gasteiger partial charge in [-0.3, -0.25) is 0 Å². The maximum absolute atomic E-state index is 9.57. The van der Waals surface area contributed by atoms with E-state index in [1.54, 1.807) is 18.4 Å². The van der Waals surface area contributed by atoms with Crippen molar-refractivity contribution in [1.29, 1.82) is 0 Å². The first-order valence-electron chi connectivity index (χ1n) is 4.84. The van der Waals surface area contributed by atoms with E-state index in [0.29, 0.717) is 18.9 Å². The minimum Gasteiger partial charge on any atom is -0.467 e. The third-order valence-corrected chi connectivity index (χ3v) is 1.84. The fraction of sp³-hybridized carbons (Fsp3) is 0.600. The predicted octanol–water partition coefficient (Wildman–Crippen LogP) is 0.939. The molecule has 1 aromatic rings. The van der Waals surface area contributed by atoms with Crippen molar-refractivity contribution in [1.82, 2.24) is 5.32 Å². The zero-order chi connectivity index (χ0) is 10.2. The van der Waals surface area contributed by atoms with Gasteiger partial charge in [-0.15, -0.1) is 0 Å². The second-order valence-electron chi connectivity index (χ2n) is 2.93. The summed E-state index contributed by atoms with van der Waals surface area (Å²) in [6.07, 6.45) is 0.977. The van der Waals surface area contributed by atoms with Crippen LogP contribution in [0.4, 0.5) is 0 Å². The van der Waals surface area contributed by atoms with Gasteiger partial charge in [0.2, 0.25) is 0 Å². The Kier molecular flexibility index (Phi) is 5.29. The molecule has 1 unspecified atom stereocenters. The number of hydrogen-bond acceptors (Lipinski definition) is 4.